The maximum absolute atomic E-state index is 12.2. The molecule has 0 bridgehead atoms. The fourth-order valence-electron chi connectivity index (χ4n) is 2.79. The first-order chi connectivity index (χ1) is 11.9. The van der Waals surface area contributed by atoms with Gasteiger partial charge in [-0.3, -0.25) is 9.59 Å². The van der Waals surface area contributed by atoms with E-state index in [4.69, 9.17) is 5.11 Å². The number of benzene rings is 1. The lowest BCUT2D eigenvalue weighted by Crippen LogP contribution is -2.25. The second-order valence-electron chi connectivity index (χ2n) is 6.39. The quantitative estimate of drug-likeness (QED) is 0.721. The molecule has 6 nitrogen and oxygen atoms in total. The molecule has 2 N–H and O–H groups in total. The van der Waals surface area contributed by atoms with Crippen molar-refractivity contribution in [1.29, 1.82) is 0 Å². The highest BCUT2D eigenvalue weighted by atomic mass is 16.4. The number of rotatable bonds is 8. The Labute approximate surface area is 147 Å². The summed E-state index contributed by atoms with van der Waals surface area (Å²) in [6, 6.07) is 7.95. The number of amides is 1. The van der Waals surface area contributed by atoms with Crippen LogP contribution in [0.15, 0.2) is 24.3 Å². The van der Waals surface area contributed by atoms with Crippen molar-refractivity contribution in [2.24, 2.45) is 0 Å². The summed E-state index contributed by atoms with van der Waals surface area (Å²) < 4.78 is 1.78. The van der Waals surface area contributed by atoms with E-state index in [2.05, 4.69) is 16.5 Å². The molecule has 0 atom stereocenters. The minimum absolute atomic E-state index is 0.174. The lowest BCUT2D eigenvalue weighted by Gasteiger charge is -2.07. The number of carbonyl (C=O) groups excluding carboxylic acids is 1. The molecule has 0 saturated carbocycles. The summed E-state index contributed by atoms with van der Waals surface area (Å²) in [5, 5.41) is 15.9. The summed E-state index contributed by atoms with van der Waals surface area (Å²) in [6.07, 6.45) is 2.34. The molecule has 0 aliphatic heterocycles. The van der Waals surface area contributed by atoms with Crippen LogP contribution in [0.25, 0.3) is 5.69 Å². The summed E-state index contributed by atoms with van der Waals surface area (Å²) >= 11 is 0. The van der Waals surface area contributed by atoms with Crippen LogP contribution in [0.5, 0.6) is 0 Å². The molecule has 0 aliphatic carbocycles. The van der Waals surface area contributed by atoms with Gasteiger partial charge in [0, 0.05) is 18.7 Å². The van der Waals surface area contributed by atoms with E-state index in [0.717, 1.165) is 35.3 Å². The zero-order chi connectivity index (χ0) is 18.4. The van der Waals surface area contributed by atoms with Crippen molar-refractivity contribution in [1.82, 2.24) is 15.1 Å². The first-order valence-corrected chi connectivity index (χ1v) is 8.52. The molecular formula is C19H25N3O3. The van der Waals surface area contributed by atoms with Gasteiger partial charge >= 0.3 is 5.97 Å². The maximum atomic E-state index is 12.2. The highest BCUT2D eigenvalue weighted by Crippen LogP contribution is 2.16. The topological polar surface area (TPSA) is 84.2 Å². The Balaban J connectivity index is 1.94. The van der Waals surface area contributed by atoms with Crippen LogP contribution in [0, 0.1) is 20.8 Å². The Morgan fingerprint density at radius 3 is 2.36 bits per heavy atom. The number of unbranched alkanes of at least 4 members (excludes halogenated alkanes) is 2. The Hall–Kier alpha value is -2.63. The lowest BCUT2D eigenvalue weighted by atomic mass is 10.1. The summed E-state index contributed by atoms with van der Waals surface area (Å²) in [4.78, 5) is 22.7. The van der Waals surface area contributed by atoms with Crippen molar-refractivity contribution in [2.75, 3.05) is 6.54 Å². The van der Waals surface area contributed by atoms with E-state index in [1.807, 2.05) is 32.9 Å². The minimum atomic E-state index is -0.781. The first kappa shape index (κ1) is 18.7. The predicted octanol–water partition coefficient (Wildman–Crippen LogP) is 3.17. The van der Waals surface area contributed by atoms with Crippen molar-refractivity contribution in [3.8, 4) is 5.69 Å². The molecule has 1 heterocycles. The van der Waals surface area contributed by atoms with Crippen molar-refractivity contribution in [2.45, 2.75) is 46.5 Å². The van der Waals surface area contributed by atoms with Crippen LogP contribution in [0.1, 0.15) is 53.0 Å². The average Bonchev–Trinajstić information content (AvgIpc) is 2.91. The normalized spacial score (nSPS) is 10.7. The largest absolute Gasteiger partial charge is 0.481 e. The molecule has 2 aromatic rings. The number of carbonyl (C=O) groups is 2. The Morgan fingerprint density at radius 1 is 1.04 bits per heavy atom. The molecule has 1 amide bonds. The second-order valence-corrected chi connectivity index (χ2v) is 6.39. The molecule has 0 radical (unpaired) electrons. The third-order valence-corrected chi connectivity index (χ3v) is 3.92. The van der Waals surface area contributed by atoms with Gasteiger partial charge < -0.3 is 10.4 Å². The minimum Gasteiger partial charge on any atom is -0.481 e. The van der Waals surface area contributed by atoms with Crippen LogP contribution in [-0.2, 0) is 4.79 Å². The molecular weight excluding hydrogens is 318 g/mol. The van der Waals surface area contributed by atoms with Crippen LogP contribution in [-0.4, -0.2) is 33.3 Å². The van der Waals surface area contributed by atoms with Gasteiger partial charge in [0.05, 0.1) is 5.69 Å². The lowest BCUT2D eigenvalue weighted by molar-refractivity contribution is -0.137. The molecule has 6 heteroatoms. The number of nitrogens with zero attached hydrogens (tertiary/aromatic N) is 2. The van der Waals surface area contributed by atoms with Gasteiger partial charge in [-0.15, -0.1) is 0 Å². The molecule has 0 aliphatic rings. The van der Waals surface area contributed by atoms with Crippen LogP contribution in [0.3, 0.4) is 0 Å². The zero-order valence-corrected chi connectivity index (χ0v) is 15.0. The van der Waals surface area contributed by atoms with Gasteiger partial charge in [-0.25, -0.2) is 4.68 Å². The number of hydrogen-bond acceptors (Lipinski definition) is 3. The number of nitrogens with one attached hydrogen (secondary N) is 1. The van der Waals surface area contributed by atoms with Crippen molar-refractivity contribution in [3.63, 3.8) is 0 Å². The highest BCUT2D eigenvalue weighted by Gasteiger charge is 2.13. The average molecular weight is 343 g/mol. The van der Waals surface area contributed by atoms with Crippen LogP contribution < -0.4 is 5.32 Å². The molecule has 0 unspecified atom stereocenters. The fourth-order valence-corrected chi connectivity index (χ4v) is 2.79. The molecule has 2 rings (SSSR count). The number of aromatic nitrogens is 2. The van der Waals surface area contributed by atoms with E-state index in [0.29, 0.717) is 18.7 Å². The molecule has 0 saturated heterocycles. The maximum Gasteiger partial charge on any atom is 0.303 e. The summed E-state index contributed by atoms with van der Waals surface area (Å²) in [5.41, 5.74) is 4.54. The summed E-state index contributed by atoms with van der Waals surface area (Å²) in [5.74, 6) is -0.985. The highest BCUT2D eigenvalue weighted by molar-refractivity contribution is 5.92. The Morgan fingerprint density at radius 2 is 1.72 bits per heavy atom. The van der Waals surface area contributed by atoms with E-state index >= 15 is 0 Å². The van der Waals surface area contributed by atoms with Gasteiger partial charge in [-0.2, -0.15) is 5.10 Å². The SMILES string of the molecule is Cc1cc(C)cc(-n2nc(C(=O)NCCCCCC(=O)O)cc2C)c1. The number of carboxylic acids is 1. The van der Waals surface area contributed by atoms with Crippen molar-refractivity contribution >= 4 is 11.9 Å². The number of hydrogen-bond donors (Lipinski definition) is 2. The first-order valence-electron chi connectivity index (χ1n) is 8.52. The van der Waals surface area contributed by atoms with Crippen molar-refractivity contribution in [3.05, 3.63) is 46.8 Å². The molecule has 0 spiro atoms. The molecule has 134 valence electrons. The number of aliphatic carboxylic acids is 1. The van der Waals surface area contributed by atoms with E-state index in [1.165, 1.54) is 0 Å². The van der Waals surface area contributed by atoms with Crippen LogP contribution in [0.4, 0.5) is 0 Å². The molecule has 1 aromatic carbocycles. The standard InChI is InChI=1S/C19H25N3O3/c1-13-9-14(2)11-16(10-13)22-15(3)12-17(21-22)19(25)20-8-6-4-5-7-18(23)24/h9-12H,4-8H2,1-3H3,(H,20,25)(H,23,24). The molecule has 1 aromatic heterocycles. The Kier molecular flexibility index (Phi) is 6.33. The summed E-state index contributed by atoms with van der Waals surface area (Å²) in [6.45, 7) is 6.52. The van der Waals surface area contributed by atoms with Crippen LogP contribution >= 0.6 is 0 Å². The van der Waals surface area contributed by atoms with Crippen molar-refractivity contribution < 1.29 is 14.7 Å². The molecule has 0 fully saturated rings. The van der Waals surface area contributed by atoms with Gasteiger partial charge in [0.25, 0.3) is 5.91 Å². The van der Waals surface area contributed by atoms with Gasteiger partial charge in [-0.05, 0) is 62.9 Å². The zero-order valence-electron chi connectivity index (χ0n) is 15.0. The third kappa shape index (κ3) is 5.45. The molecule has 25 heavy (non-hydrogen) atoms. The number of carboxylic acid groups (broad SMARTS) is 1. The van der Waals surface area contributed by atoms with E-state index in [-0.39, 0.29) is 12.3 Å². The number of aryl methyl sites for hydroxylation is 3. The van der Waals surface area contributed by atoms with Gasteiger partial charge in [-0.1, -0.05) is 12.5 Å². The third-order valence-electron chi connectivity index (χ3n) is 3.92. The smallest absolute Gasteiger partial charge is 0.303 e. The van der Waals surface area contributed by atoms with E-state index < -0.39 is 5.97 Å². The Bertz CT molecular complexity index is 745. The van der Waals surface area contributed by atoms with Gasteiger partial charge in [0.1, 0.15) is 0 Å². The van der Waals surface area contributed by atoms with Gasteiger partial charge in [0.15, 0.2) is 5.69 Å². The fraction of sp³-hybridized carbons (Fsp3) is 0.421. The van der Waals surface area contributed by atoms with Crippen LogP contribution in [0.2, 0.25) is 0 Å². The van der Waals surface area contributed by atoms with E-state index in [9.17, 15) is 9.59 Å². The second kappa shape index (κ2) is 8.46. The monoisotopic (exact) mass is 343 g/mol. The predicted molar refractivity (Wildman–Crippen MR) is 96.2 cm³/mol. The van der Waals surface area contributed by atoms with Gasteiger partial charge in [0.2, 0.25) is 0 Å². The van der Waals surface area contributed by atoms with E-state index in [1.54, 1.807) is 10.7 Å². The summed E-state index contributed by atoms with van der Waals surface area (Å²) in [7, 11) is 0.